The van der Waals surface area contributed by atoms with Crippen LogP contribution in [-0.2, 0) is 14.6 Å². The first-order chi connectivity index (χ1) is 6.20. The molecule has 4 heteroatoms. The van der Waals surface area contributed by atoms with E-state index in [1.54, 1.807) is 27.7 Å². The van der Waals surface area contributed by atoms with Crippen LogP contribution in [0.3, 0.4) is 0 Å². The van der Waals surface area contributed by atoms with Gasteiger partial charge in [-0.05, 0) is 33.6 Å². The Labute approximate surface area is 86.8 Å². The van der Waals surface area contributed by atoms with Crippen LogP contribution in [-0.4, -0.2) is 25.2 Å². The third kappa shape index (κ3) is 4.22. The molecule has 1 unspecified atom stereocenters. The second-order valence-electron chi connectivity index (χ2n) is 4.69. The Morgan fingerprint density at radius 3 is 2.14 bits per heavy atom. The largest absolute Gasteiger partial charge is 0.303 e. The highest BCUT2D eigenvalue weighted by molar-refractivity contribution is 7.92. The number of carbonyl (C=O) groups excluding carboxylic acids is 1. The number of aldehydes is 1. The van der Waals surface area contributed by atoms with Gasteiger partial charge in [0.25, 0.3) is 0 Å². The Bertz CT molecular complexity index is 272. The van der Waals surface area contributed by atoms with E-state index in [0.29, 0.717) is 12.8 Å². The van der Waals surface area contributed by atoms with Gasteiger partial charge in [-0.25, -0.2) is 8.42 Å². The third-order valence-corrected chi connectivity index (χ3v) is 4.93. The van der Waals surface area contributed by atoms with Crippen LogP contribution in [0.4, 0.5) is 0 Å². The van der Waals surface area contributed by atoms with E-state index in [0.717, 1.165) is 6.29 Å². The van der Waals surface area contributed by atoms with Crippen molar-refractivity contribution in [2.75, 3.05) is 5.75 Å². The van der Waals surface area contributed by atoms with Gasteiger partial charge in [0.1, 0.15) is 6.29 Å². The smallest absolute Gasteiger partial charge is 0.155 e. The summed E-state index contributed by atoms with van der Waals surface area (Å²) in [6, 6.07) is 0. The fourth-order valence-electron chi connectivity index (χ4n) is 0.970. The number of carbonyl (C=O) groups is 1. The van der Waals surface area contributed by atoms with E-state index in [1.807, 2.05) is 0 Å². The molecule has 0 N–H and O–H groups in total. The van der Waals surface area contributed by atoms with Crippen molar-refractivity contribution < 1.29 is 13.2 Å². The monoisotopic (exact) mass is 220 g/mol. The van der Waals surface area contributed by atoms with Crippen molar-refractivity contribution in [1.82, 2.24) is 0 Å². The molecular formula is C10H20O3S. The summed E-state index contributed by atoms with van der Waals surface area (Å²) in [7, 11) is -3.02. The van der Waals surface area contributed by atoms with Crippen LogP contribution in [0.5, 0.6) is 0 Å². The number of hydrogen-bond acceptors (Lipinski definition) is 3. The topological polar surface area (TPSA) is 51.2 Å². The van der Waals surface area contributed by atoms with Crippen LogP contribution in [0, 0.1) is 5.92 Å². The molecule has 84 valence electrons. The summed E-state index contributed by atoms with van der Waals surface area (Å²) < 4.78 is 22.6. The van der Waals surface area contributed by atoms with Gasteiger partial charge in [-0.2, -0.15) is 0 Å². The summed E-state index contributed by atoms with van der Waals surface area (Å²) in [6.07, 6.45) is 2.09. The lowest BCUT2D eigenvalue weighted by atomic mass is 10.1. The molecule has 0 aromatic carbocycles. The van der Waals surface area contributed by atoms with Gasteiger partial charge < -0.3 is 4.79 Å². The molecule has 0 fully saturated rings. The van der Waals surface area contributed by atoms with Gasteiger partial charge in [0.2, 0.25) is 0 Å². The van der Waals surface area contributed by atoms with Crippen LogP contribution in [0.2, 0.25) is 0 Å². The maximum Gasteiger partial charge on any atom is 0.155 e. The average molecular weight is 220 g/mol. The molecule has 0 spiro atoms. The predicted octanol–water partition coefficient (Wildman–Crippen LogP) is 1.81. The second kappa shape index (κ2) is 4.91. The van der Waals surface area contributed by atoms with Crippen LogP contribution in [0.1, 0.15) is 40.5 Å². The van der Waals surface area contributed by atoms with Gasteiger partial charge in [0.05, 0.1) is 10.5 Å². The first kappa shape index (κ1) is 13.6. The highest BCUT2D eigenvalue weighted by Gasteiger charge is 2.28. The minimum Gasteiger partial charge on any atom is -0.303 e. The van der Waals surface area contributed by atoms with E-state index in [4.69, 9.17) is 0 Å². The van der Waals surface area contributed by atoms with E-state index in [-0.39, 0.29) is 11.7 Å². The summed E-state index contributed by atoms with van der Waals surface area (Å²) in [5.41, 5.74) is 0. The molecule has 0 aromatic rings. The number of sulfone groups is 1. The lowest BCUT2D eigenvalue weighted by Crippen LogP contribution is -2.30. The summed E-state index contributed by atoms with van der Waals surface area (Å²) in [5.74, 6) is 0.138. The highest BCUT2D eigenvalue weighted by Crippen LogP contribution is 2.18. The molecular weight excluding hydrogens is 200 g/mol. The zero-order chi connectivity index (χ0) is 11.4. The van der Waals surface area contributed by atoms with E-state index in [1.165, 1.54) is 0 Å². The molecule has 0 aliphatic carbocycles. The molecule has 0 radical (unpaired) electrons. The number of rotatable bonds is 5. The standard InChI is InChI=1S/C10H20O3S/c1-9(8-11)6-5-7-14(12,13)10(2,3)4/h8-9H,5-7H2,1-4H3. The molecule has 0 heterocycles. The fourth-order valence-corrected chi connectivity index (χ4v) is 2.13. The van der Waals surface area contributed by atoms with Gasteiger partial charge in [-0.1, -0.05) is 6.92 Å². The minimum atomic E-state index is -3.02. The van der Waals surface area contributed by atoms with Crippen molar-refractivity contribution in [1.29, 1.82) is 0 Å². The van der Waals surface area contributed by atoms with Gasteiger partial charge in [-0.15, -0.1) is 0 Å². The van der Waals surface area contributed by atoms with Crippen molar-refractivity contribution in [2.45, 2.75) is 45.3 Å². The molecule has 0 aliphatic heterocycles. The summed E-state index contributed by atoms with van der Waals surface area (Å²) >= 11 is 0. The second-order valence-corrected chi connectivity index (χ2v) is 7.55. The molecule has 3 nitrogen and oxygen atoms in total. The van der Waals surface area contributed by atoms with Crippen LogP contribution in [0.25, 0.3) is 0 Å². The van der Waals surface area contributed by atoms with Crippen molar-refractivity contribution in [2.24, 2.45) is 5.92 Å². The summed E-state index contributed by atoms with van der Waals surface area (Å²) in [5, 5.41) is 0. The Morgan fingerprint density at radius 2 is 1.79 bits per heavy atom. The summed E-state index contributed by atoms with van der Waals surface area (Å²) in [4.78, 5) is 10.3. The molecule has 0 amide bonds. The van der Waals surface area contributed by atoms with Crippen molar-refractivity contribution in [3.63, 3.8) is 0 Å². The quantitative estimate of drug-likeness (QED) is 0.664. The molecule has 0 bridgehead atoms. The zero-order valence-electron chi connectivity index (χ0n) is 9.41. The Hall–Kier alpha value is -0.380. The van der Waals surface area contributed by atoms with E-state index < -0.39 is 14.6 Å². The molecule has 1 atom stereocenters. The first-order valence-corrected chi connectivity index (χ1v) is 6.53. The first-order valence-electron chi connectivity index (χ1n) is 4.88. The Balaban J connectivity index is 4.09. The fraction of sp³-hybridized carbons (Fsp3) is 0.900. The highest BCUT2D eigenvalue weighted by atomic mass is 32.2. The lowest BCUT2D eigenvalue weighted by Gasteiger charge is -2.19. The van der Waals surface area contributed by atoms with Crippen LogP contribution < -0.4 is 0 Å². The molecule has 0 rings (SSSR count). The van der Waals surface area contributed by atoms with Gasteiger partial charge in [0, 0.05) is 5.92 Å². The van der Waals surface area contributed by atoms with Crippen molar-refractivity contribution in [3.8, 4) is 0 Å². The van der Waals surface area contributed by atoms with Crippen LogP contribution >= 0.6 is 0 Å². The van der Waals surface area contributed by atoms with Crippen molar-refractivity contribution in [3.05, 3.63) is 0 Å². The molecule has 0 saturated carbocycles. The lowest BCUT2D eigenvalue weighted by molar-refractivity contribution is -0.110. The Morgan fingerprint density at radius 1 is 1.29 bits per heavy atom. The molecule has 0 aromatic heterocycles. The van der Waals surface area contributed by atoms with E-state index >= 15 is 0 Å². The van der Waals surface area contributed by atoms with Gasteiger partial charge >= 0.3 is 0 Å². The SMILES string of the molecule is CC(C=O)CCCS(=O)(=O)C(C)(C)C. The average Bonchev–Trinajstić information content (AvgIpc) is 2.01. The maximum atomic E-state index is 11.6. The van der Waals surface area contributed by atoms with E-state index in [2.05, 4.69) is 0 Å². The third-order valence-electron chi connectivity index (χ3n) is 2.24. The Kier molecular flexibility index (Phi) is 4.78. The van der Waals surface area contributed by atoms with Crippen LogP contribution in [0.15, 0.2) is 0 Å². The minimum absolute atomic E-state index is 0.0369. The van der Waals surface area contributed by atoms with Gasteiger partial charge in [0.15, 0.2) is 9.84 Å². The maximum absolute atomic E-state index is 11.6. The predicted molar refractivity (Wildman–Crippen MR) is 58.0 cm³/mol. The molecule has 0 saturated heterocycles. The zero-order valence-corrected chi connectivity index (χ0v) is 10.2. The van der Waals surface area contributed by atoms with Gasteiger partial charge in [-0.3, -0.25) is 0 Å². The number of hydrogen-bond donors (Lipinski definition) is 0. The van der Waals surface area contributed by atoms with E-state index in [9.17, 15) is 13.2 Å². The summed E-state index contributed by atoms with van der Waals surface area (Å²) in [6.45, 7) is 6.90. The molecule has 14 heavy (non-hydrogen) atoms. The van der Waals surface area contributed by atoms with Crippen molar-refractivity contribution >= 4 is 16.1 Å². The normalized spacial score (nSPS) is 15.1. The molecule has 0 aliphatic rings.